The van der Waals surface area contributed by atoms with Crippen molar-refractivity contribution in [3.8, 4) is 11.1 Å². The summed E-state index contributed by atoms with van der Waals surface area (Å²) in [5.74, 6) is -2.44. The summed E-state index contributed by atoms with van der Waals surface area (Å²) in [6, 6.07) is 18.6. The van der Waals surface area contributed by atoms with Crippen molar-refractivity contribution in [3.05, 3.63) is 112 Å². The minimum Gasteiger partial charge on any atom is -0.377 e. The molecule has 1 fully saturated rings. The zero-order valence-corrected chi connectivity index (χ0v) is 33.0. The number of nitrogens with one attached hydrogen (secondary N) is 2. The highest BCUT2D eigenvalue weighted by Gasteiger charge is 2.46. The number of rotatable bonds is 14. The first-order chi connectivity index (χ1) is 29.0. The third-order valence-corrected chi connectivity index (χ3v) is 10.7. The Morgan fingerprint density at radius 3 is 2.50 bits per heavy atom. The number of anilines is 2. The van der Waals surface area contributed by atoms with Gasteiger partial charge in [0.25, 0.3) is 11.8 Å². The van der Waals surface area contributed by atoms with Crippen LogP contribution >= 0.6 is 0 Å². The average molecular weight is 816 g/mol. The molecule has 0 spiro atoms. The summed E-state index contributed by atoms with van der Waals surface area (Å²) < 4.78 is 18.3. The molecule has 5 aromatic rings. The minimum atomic E-state index is -1.12. The Kier molecular flexibility index (Phi) is 11.0. The number of aryl methyl sites for hydroxylation is 2. The average Bonchev–Trinajstić information content (AvgIpc) is 3.91. The zero-order chi connectivity index (χ0) is 42.1. The molecule has 0 bridgehead atoms. The fourth-order valence-electron chi connectivity index (χ4n) is 7.90. The standard InChI is InChI=1S/C42H41N9O9/c1-24-36(25(2)60-46-24)27-12-13-32-30(20-27)38(26-8-5-4-6-9-26)50(42(57)48(32)3)22-28-21-49(47-45-28)16-17-58-18-19-59-23-35(53)43-31-11-7-10-29-37(31)41(56)51(40(29)55)33-14-15-34(52)44-39(33)54/h4-13,20-21,33,38H,14-19,22-23H2,1-3H3,(H,43,53)(H,44,52,54). The topological polar surface area (TPSA) is 211 Å². The van der Waals surface area contributed by atoms with Crippen molar-refractivity contribution in [2.24, 2.45) is 0 Å². The molecule has 0 radical (unpaired) electrons. The van der Waals surface area contributed by atoms with Crippen LogP contribution in [0.2, 0.25) is 0 Å². The maximum absolute atomic E-state index is 14.0. The van der Waals surface area contributed by atoms with E-state index in [-0.39, 0.29) is 68.7 Å². The van der Waals surface area contributed by atoms with Crippen molar-refractivity contribution in [2.75, 3.05) is 43.7 Å². The van der Waals surface area contributed by atoms with Crippen molar-refractivity contribution in [1.82, 2.24) is 35.3 Å². The summed E-state index contributed by atoms with van der Waals surface area (Å²) in [6.45, 7) is 4.54. The molecule has 0 saturated carbocycles. The fraction of sp³-hybridized carbons (Fsp3) is 0.310. The van der Waals surface area contributed by atoms with E-state index in [1.54, 1.807) is 27.7 Å². The number of aromatic nitrogens is 4. The molecule has 18 heteroatoms. The van der Waals surface area contributed by atoms with Gasteiger partial charge in [0.2, 0.25) is 17.7 Å². The predicted molar refractivity (Wildman–Crippen MR) is 212 cm³/mol. The highest BCUT2D eigenvalue weighted by Crippen LogP contribution is 2.43. The van der Waals surface area contributed by atoms with Crippen LogP contribution in [0.4, 0.5) is 16.2 Å². The Bertz CT molecular complexity index is 2500. The lowest BCUT2D eigenvalue weighted by Crippen LogP contribution is -2.54. The second kappa shape index (κ2) is 16.7. The number of imide groups is 2. The van der Waals surface area contributed by atoms with E-state index in [0.29, 0.717) is 18.0 Å². The smallest absolute Gasteiger partial charge is 0.325 e. The maximum Gasteiger partial charge on any atom is 0.325 e. The Morgan fingerprint density at radius 2 is 1.73 bits per heavy atom. The van der Waals surface area contributed by atoms with Crippen LogP contribution in [-0.4, -0.2) is 105 Å². The maximum atomic E-state index is 14.0. The molecular formula is C42H41N9O9. The van der Waals surface area contributed by atoms with Crippen LogP contribution in [0, 0.1) is 13.8 Å². The van der Waals surface area contributed by atoms with Crippen LogP contribution in [0.3, 0.4) is 0 Å². The van der Waals surface area contributed by atoms with Gasteiger partial charge in [-0.15, -0.1) is 5.10 Å². The normalized spacial score (nSPS) is 17.6. The van der Waals surface area contributed by atoms with Gasteiger partial charge in [-0.3, -0.25) is 39.1 Å². The van der Waals surface area contributed by atoms with E-state index in [4.69, 9.17) is 14.0 Å². The van der Waals surface area contributed by atoms with Gasteiger partial charge in [-0.25, -0.2) is 9.48 Å². The lowest BCUT2D eigenvalue weighted by atomic mass is 9.90. The van der Waals surface area contributed by atoms with Gasteiger partial charge in [-0.1, -0.05) is 52.8 Å². The quantitative estimate of drug-likeness (QED) is 0.121. The second-order valence-corrected chi connectivity index (χ2v) is 14.6. The molecule has 0 aliphatic carbocycles. The monoisotopic (exact) mass is 815 g/mol. The lowest BCUT2D eigenvalue weighted by Gasteiger charge is -2.41. The Hall–Kier alpha value is -7.05. The summed E-state index contributed by atoms with van der Waals surface area (Å²) in [5.41, 5.74) is 6.08. The number of amides is 7. The largest absolute Gasteiger partial charge is 0.377 e. The van der Waals surface area contributed by atoms with E-state index in [1.165, 1.54) is 18.2 Å². The number of fused-ring (bicyclic) bond motifs is 2. The number of piperidine rings is 1. The molecule has 3 aliphatic heterocycles. The first-order valence-corrected chi connectivity index (χ1v) is 19.4. The first kappa shape index (κ1) is 39.8. The number of carbonyl (C=O) groups excluding carboxylic acids is 6. The molecule has 2 unspecified atom stereocenters. The van der Waals surface area contributed by atoms with Crippen molar-refractivity contribution in [3.63, 3.8) is 0 Å². The van der Waals surface area contributed by atoms with Crippen LogP contribution in [-0.2, 0) is 36.9 Å². The summed E-state index contributed by atoms with van der Waals surface area (Å²) in [7, 11) is 1.76. The van der Waals surface area contributed by atoms with Gasteiger partial charge in [-0.2, -0.15) is 0 Å². The van der Waals surface area contributed by atoms with Crippen molar-refractivity contribution in [2.45, 2.75) is 51.9 Å². The molecule has 2 atom stereocenters. The van der Waals surface area contributed by atoms with Crippen LogP contribution < -0.4 is 15.5 Å². The highest BCUT2D eigenvalue weighted by atomic mass is 16.5. The Labute approximate surface area is 343 Å². The molecule has 7 amide bonds. The first-order valence-electron chi connectivity index (χ1n) is 19.4. The molecule has 18 nitrogen and oxygen atoms in total. The number of nitrogens with zero attached hydrogens (tertiary/aromatic N) is 7. The molecule has 2 N–H and O–H groups in total. The Morgan fingerprint density at radius 1 is 0.933 bits per heavy atom. The molecule has 308 valence electrons. The molecule has 3 aromatic carbocycles. The molecule has 60 heavy (non-hydrogen) atoms. The number of hydrogen-bond donors (Lipinski definition) is 2. The molecule has 3 aliphatic rings. The number of ether oxygens (including phenoxy) is 2. The number of benzene rings is 3. The third-order valence-electron chi connectivity index (χ3n) is 10.7. The van der Waals surface area contributed by atoms with Crippen LogP contribution in [0.1, 0.15) is 67.9 Å². The van der Waals surface area contributed by atoms with Gasteiger partial charge in [0.05, 0.1) is 73.3 Å². The van der Waals surface area contributed by atoms with Crippen molar-refractivity contribution in [1.29, 1.82) is 0 Å². The fourth-order valence-corrected chi connectivity index (χ4v) is 7.90. The second-order valence-electron chi connectivity index (χ2n) is 14.6. The summed E-state index contributed by atoms with van der Waals surface area (Å²) in [5, 5.41) is 17.5. The number of carbonyl (C=O) groups is 6. The highest BCUT2D eigenvalue weighted by molar-refractivity contribution is 6.26. The molecule has 8 rings (SSSR count). The number of hydrogen-bond acceptors (Lipinski definition) is 12. The van der Waals surface area contributed by atoms with Crippen LogP contribution in [0.25, 0.3) is 11.1 Å². The molecular weight excluding hydrogens is 775 g/mol. The zero-order valence-electron chi connectivity index (χ0n) is 33.0. The van der Waals surface area contributed by atoms with Crippen molar-refractivity contribution >= 4 is 46.9 Å². The SMILES string of the molecule is Cc1noc(C)c1-c1ccc2c(c1)C(c1ccccc1)N(Cc1cn(CCOCCOCC(=O)Nc3cccc4c3C(=O)N(C3CCC(=O)NC3=O)C4=O)nn1)C(=O)N2C. The number of urea groups is 1. The van der Waals surface area contributed by atoms with Gasteiger partial charge >= 0.3 is 6.03 Å². The van der Waals surface area contributed by atoms with E-state index >= 15 is 0 Å². The van der Waals surface area contributed by atoms with E-state index in [1.807, 2.05) is 56.3 Å². The van der Waals surface area contributed by atoms with Gasteiger partial charge in [0.1, 0.15) is 24.1 Å². The summed E-state index contributed by atoms with van der Waals surface area (Å²) >= 11 is 0. The lowest BCUT2D eigenvalue weighted by molar-refractivity contribution is -0.136. The molecule has 5 heterocycles. The Balaban J connectivity index is 0.832. The van der Waals surface area contributed by atoms with E-state index in [0.717, 1.165) is 38.5 Å². The van der Waals surface area contributed by atoms with Gasteiger partial charge in [0.15, 0.2) is 0 Å². The third kappa shape index (κ3) is 7.64. The predicted octanol–water partition coefficient (Wildman–Crippen LogP) is 3.78. The summed E-state index contributed by atoms with van der Waals surface area (Å²) in [6.07, 6.45) is 1.79. The van der Waals surface area contributed by atoms with Gasteiger partial charge in [-0.05, 0) is 55.7 Å². The van der Waals surface area contributed by atoms with Crippen LogP contribution in [0.5, 0.6) is 0 Å². The van der Waals surface area contributed by atoms with Gasteiger partial charge in [0, 0.05) is 24.6 Å². The van der Waals surface area contributed by atoms with E-state index < -0.39 is 41.6 Å². The summed E-state index contributed by atoms with van der Waals surface area (Å²) in [4.78, 5) is 81.3. The van der Waals surface area contributed by atoms with Gasteiger partial charge < -0.3 is 24.2 Å². The molecule has 1 saturated heterocycles. The van der Waals surface area contributed by atoms with Crippen LogP contribution in [0.15, 0.2) is 77.4 Å². The molecule has 2 aromatic heterocycles. The minimum absolute atomic E-state index is 0.00381. The van der Waals surface area contributed by atoms with E-state index in [2.05, 4.69) is 32.2 Å². The van der Waals surface area contributed by atoms with E-state index in [9.17, 15) is 28.8 Å². The van der Waals surface area contributed by atoms with Crippen molar-refractivity contribution < 1.29 is 42.8 Å².